The number of rotatable bonds is 9. The molecule has 1 N–H and O–H groups in total. The minimum Gasteiger partial charge on any atom is -0.350 e. The third kappa shape index (κ3) is 6.70. The molecular formula is C24H32ClN3O3S. The fourth-order valence-electron chi connectivity index (χ4n) is 4.17. The lowest BCUT2D eigenvalue weighted by atomic mass is 10.1. The molecule has 0 radical (unpaired) electrons. The van der Waals surface area contributed by atoms with E-state index < -0.39 is 16.1 Å². The van der Waals surface area contributed by atoms with Crippen LogP contribution in [0.5, 0.6) is 0 Å². The molecule has 1 aliphatic heterocycles. The van der Waals surface area contributed by atoms with E-state index in [1.165, 1.54) is 29.1 Å². The molecule has 1 saturated heterocycles. The maximum Gasteiger partial charge on any atom is 0.244 e. The summed E-state index contributed by atoms with van der Waals surface area (Å²) in [5, 5.41) is 3.43. The number of hydrogen-bond acceptors (Lipinski definition) is 4. The first kappa shape index (κ1) is 24.6. The molecule has 32 heavy (non-hydrogen) atoms. The molecular weight excluding hydrogens is 446 g/mol. The van der Waals surface area contributed by atoms with Gasteiger partial charge in [0.2, 0.25) is 15.9 Å². The zero-order chi connectivity index (χ0) is 23.1. The Morgan fingerprint density at radius 1 is 1.09 bits per heavy atom. The normalized spacial score (nSPS) is 15.8. The first-order valence-electron chi connectivity index (χ1n) is 11.1. The minimum atomic E-state index is -3.67. The van der Waals surface area contributed by atoms with Gasteiger partial charge in [0.15, 0.2) is 0 Å². The van der Waals surface area contributed by atoms with Crippen LogP contribution in [0.2, 0.25) is 5.02 Å². The van der Waals surface area contributed by atoms with E-state index >= 15 is 0 Å². The van der Waals surface area contributed by atoms with Crippen LogP contribution in [0.4, 0.5) is 5.69 Å². The predicted octanol–water partition coefficient (Wildman–Crippen LogP) is 4.19. The Hall–Kier alpha value is -2.09. The van der Waals surface area contributed by atoms with Crippen molar-refractivity contribution in [3.63, 3.8) is 0 Å². The fraction of sp³-hybridized carbons (Fsp3) is 0.458. The Morgan fingerprint density at radius 3 is 2.38 bits per heavy atom. The van der Waals surface area contributed by atoms with Crippen LogP contribution in [-0.4, -0.2) is 44.6 Å². The summed E-state index contributed by atoms with van der Waals surface area (Å²) in [4.78, 5) is 15.5. The summed E-state index contributed by atoms with van der Waals surface area (Å²) in [5.74, 6) is -0.325. The number of amides is 1. The molecule has 0 aliphatic carbocycles. The van der Waals surface area contributed by atoms with Crippen molar-refractivity contribution in [3.8, 4) is 0 Å². The van der Waals surface area contributed by atoms with Gasteiger partial charge in [-0.15, -0.1) is 0 Å². The first-order chi connectivity index (χ1) is 15.3. The lowest BCUT2D eigenvalue weighted by molar-refractivity contribution is -0.122. The lowest BCUT2D eigenvalue weighted by Crippen LogP contribution is -2.49. The van der Waals surface area contributed by atoms with E-state index in [4.69, 9.17) is 11.6 Å². The summed E-state index contributed by atoms with van der Waals surface area (Å²) in [6.07, 6.45) is 5.26. The quantitative estimate of drug-likeness (QED) is 0.588. The zero-order valence-electron chi connectivity index (χ0n) is 18.8. The van der Waals surface area contributed by atoms with Crippen molar-refractivity contribution in [3.05, 3.63) is 64.7 Å². The van der Waals surface area contributed by atoms with Crippen LogP contribution in [0.1, 0.15) is 43.7 Å². The number of carbonyl (C=O) groups is 1. The second-order valence-electron chi connectivity index (χ2n) is 8.33. The number of sulfonamides is 1. The monoisotopic (exact) mass is 477 g/mol. The van der Waals surface area contributed by atoms with Crippen molar-refractivity contribution in [2.75, 3.05) is 23.7 Å². The van der Waals surface area contributed by atoms with Gasteiger partial charge in [0.1, 0.15) is 6.04 Å². The van der Waals surface area contributed by atoms with E-state index in [1.807, 2.05) is 12.1 Å². The molecule has 2 aromatic rings. The van der Waals surface area contributed by atoms with Gasteiger partial charge in [-0.05, 0) is 67.7 Å². The maximum absolute atomic E-state index is 13.0. The Labute approximate surface area is 196 Å². The van der Waals surface area contributed by atoms with E-state index in [0.29, 0.717) is 23.7 Å². The Bertz CT molecular complexity index is 1010. The maximum atomic E-state index is 13.0. The highest BCUT2D eigenvalue weighted by Gasteiger charge is 2.31. The van der Waals surface area contributed by atoms with Crippen molar-refractivity contribution in [1.29, 1.82) is 0 Å². The number of nitrogens with one attached hydrogen (secondary N) is 1. The second kappa shape index (κ2) is 11.2. The zero-order valence-corrected chi connectivity index (χ0v) is 20.3. The van der Waals surface area contributed by atoms with Crippen LogP contribution in [-0.2, 0) is 27.9 Å². The highest BCUT2D eigenvalue weighted by Crippen LogP contribution is 2.24. The molecule has 8 heteroatoms. The van der Waals surface area contributed by atoms with E-state index in [0.717, 1.165) is 31.5 Å². The van der Waals surface area contributed by atoms with Crippen molar-refractivity contribution in [1.82, 2.24) is 10.2 Å². The Balaban J connectivity index is 1.69. The summed E-state index contributed by atoms with van der Waals surface area (Å²) in [5.41, 5.74) is 2.65. The molecule has 1 atom stereocenters. The number of hydrogen-bond donors (Lipinski definition) is 1. The smallest absolute Gasteiger partial charge is 0.244 e. The van der Waals surface area contributed by atoms with Crippen LogP contribution in [0, 0.1) is 0 Å². The number of anilines is 1. The van der Waals surface area contributed by atoms with Gasteiger partial charge in [0.05, 0.1) is 11.9 Å². The molecule has 3 rings (SSSR count). The highest BCUT2D eigenvalue weighted by atomic mass is 35.5. The molecule has 0 unspecified atom stereocenters. The molecule has 0 aromatic heterocycles. The van der Waals surface area contributed by atoms with Gasteiger partial charge in [-0.1, -0.05) is 49.2 Å². The van der Waals surface area contributed by atoms with Crippen LogP contribution in [0.25, 0.3) is 0 Å². The third-order valence-corrected chi connectivity index (χ3v) is 7.16. The lowest BCUT2D eigenvalue weighted by Gasteiger charge is -2.30. The van der Waals surface area contributed by atoms with Crippen LogP contribution in [0.3, 0.4) is 0 Å². The van der Waals surface area contributed by atoms with Crippen molar-refractivity contribution in [2.45, 2.75) is 51.7 Å². The molecule has 2 aromatic carbocycles. The topological polar surface area (TPSA) is 69.7 Å². The molecule has 0 saturated carbocycles. The summed E-state index contributed by atoms with van der Waals surface area (Å²) >= 11 is 5.95. The van der Waals surface area contributed by atoms with E-state index in [2.05, 4.69) is 22.3 Å². The predicted molar refractivity (Wildman–Crippen MR) is 130 cm³/mol. The van der Waals surface area contributed by atoms with Crippen LogP contribution >= 0.6 is 11.6 Å². The van der Waals surface area contributed by atoms with Crippen LogP contribution < -0.4 is 9.62 Å². The van der Waals surface area contributed by atoms with Gasteiger partial charge < -0.3 is 5.32 Å². The van der Waals surface area contributed by atoms with Gasteiger partial charge in [-0.25, -0.2) is 8.42 Å². The molecule has 6 nitrogen and oxygen atoms in total. The minimum absolute atomic E-state index is 0.325. The van der Waals surface area contributed by atoms with Gasteiger partial charge in [-0.2, -0.15) is 0 Å². The summed E-state index contributed by atoms with van der Waals surface area (Å²) in [7, 11) is -3.67. The van der Waals surface area contributed by atoms with E-state index in [1.54, 1.807) is 31.2 Å². The molecule has 174 valence electrons. The van der Waals surface area contributed by atoms with Crippen molar-refractivity contribution < 1.29 is 13.2 Å². The van der Waals surface area contributed by atoms with Crippen molar-refractivity contribution in [2.24, 2.45) is 0 Å². The highest BCUT2D eigenvalue weighted by molar-refractivity contribution is 7.92. The molecule has 1 heterocycles. The summed E-state index contributed by atoms with van der Waals surface area (Å²) in [6.45, 7) is 5.33. The van der Waals surface area contributed by atoms with E-state index in [9.17, 15) is 13.2 Å². The average molecular weight is 478 g/mol. The third-order valence-electron chi connectivity index (χ3n) is 5.72. The van der Waals surface area contributed by atoms with Gasteiger partial charge in [-0.3, -0.25) is 14.0 Å². The molecule has 0 spiro atoms. The largest absolute Gasteiger partial charge is 0.350 e. The second-order valence-corrected chi connectivity index (χ2v) is 10.6. The summed E-state index contributed by atoms with van der Waals surface area (Å²) in [6, 6.07) is 13.8. The number of nitrogens with zero attached hydrogens (tertiary/aromatic N) is 2. The van der Waals surface area contributed by atoms with Crippen LogP contribution in [0.15, 0.2) is 48.5 Å². The Morgan fingerprint density at radius 2 is 1.75 bits per heavy atom. The standard InChI is InChI=1S/C24H32ClN3O3S/c1-3-23(28(32(2,30)31)22-12-10-21(25)11-13-22)24(29)26-17-19-8-7-9-20(16-19)18-27-14-5-4-6-15-27/h7-13,16,23H,3-6,14-15,17-18H2,1-2H3,(H,26,29)/t23-/m0/s1. The molecule has 1 amide bonds. The number of benzene rings is 2. The fourth-order valence-corrected chi connectivity index (χ4v) is 5.51. The number of carbonyl (C=O) groups excluding carboxylic acids is 1. The molecule has 1 fully saturated rings. The van der Waals surface area contributed by atoms with Gasteiger partial charge in [0, 0.05) is 18.1 Å². The number of halogens is 1. The average Bonchev–Trinajstić information content (AvgIpc) is 2.77. The SMILES string of the molecule is CC[C@@H](C(=O)NCc1cccc(CN2CCCCC2)c1)N(c1ccc(Cl)cc1)S(C)(=O)=O. The molecule has 1 aliphatic rings. The first-order valence-corrected chi connectivity index (χ1v) is 13.3. The number of piperidine rings is 1. The van der Waals surface area contributed by atoms with Gasteiger partial charge in [0.25, 0.3) is 0 Å². The molecule has 0 bridgehead atoms. The Kier molecular flexibility index (Phi) is 8.57. The summed E-state index contributed by atoms with van der Waals surface area (Å²) < 4.78 is 26.2. The van der Waals surface area contributed by atoms with Gasteiger partial charge >= 0.3 is 0 Å². The number of likely N-dealkylation sites (tertiary alicyclic amines) is 1. The van der Waals surface area contributed by atoms with E-state index in [-0.39, 0.29) is 5.91 Å². The van der Waals surface area contributed by atoms with Crippen molar-refractivity contribution >= 4 is 33.2 Å².